The summed E-state index contributed by atoms with van der Waals surface area (Å²) in [5.74, 6) is -1.01. The highest BCUT2D eigenvalue weighted by atomic mass is 16.4. The number of aryl methyl sites for hydroxylation is 2. The highest BCUT2D eigenvalue weighted by Crippen LogP contribution is 2.15. The van der Waals surface area contributed by atoms with E-state index in [4.69, 9.17) is 5.11 Å². The van der Waals surface area contributed by atoms with Crippen molar-refractivity contribution in [1.82, 2.24) is 19.7 Å². The SMILES string of the molecule is Cc1cnc(-c2cc(C(=O)O)n(C)n2)cn1. The lowest BCUT2D eigenvalue weighted by molar-refractivity contribution is 0.0685. The van der Waals surface area contributed by atoms with Gasteiger partial charge in [-0.2, -0.15) is 5.10 Å². The Balaban J connectivity index is 2.45. The minimum atomic E-state index is -1.01. The van der Waals surface area contributed by atoms with Crippen molar-refractivity contribution in [2.24, 2.45) is 7.05 Å². The van der Waals surface area contributed by atoms with Gasteiger partial charge in [-0.1, -0.05) is 0 Å². The van der Waals surface area contributed by atoms with E-state index in [0.29, 0.717) is 11.4 Å². The van der Waals surface area contributed by atoms with Crippen LogP contribution in [0.2, 0.25) is 0 Å². The lowest BCUT2D eigenvalue weighted by Crippen LogP contribution is -2.04. The molecule has 16 heavy (non-hydrogen) atoms. The first-order valence-corrected chi connectivity index (χ1v) is 4.64. The fourth-order valence-electron chi connectivity index (χ4n) is 1.32. The van der Waals surface area contributed by atoms with Gasteiger partial charge in [-0.25, -0.2) is 4.79 Å². The second-order valence-electron chi connectivity index (χ2n) is 3.39. The molecule has 0 aromatic carbocycles. The van der Waals surface area contributed by atoms with Gasteiger partial charge in [-0.15, -0.1) is 0 Å². The number of carbonyl (C=O) groups is 1. The normalized spacial score (nSPS) is 10.4. The average Bonchev–Trinajstić information content (AvgIpc) is 2.61. The van der Waals surface area contributed by atoms with Crippen molar-refractivity contribution in [2.75, 3.05) is 0 Å². The molecule has 0 radical (unpaired) electrons. The van der Waals surface area contributed by atoms with Gasteiger partial charge in [0.1, 0.15) is 17.1 Å². The molecule has 0 spiro atoms. The van der Waals surface area contributed by atoms with Gasteiger partial charge in [-0.3, -0.25) is 14.6 Å². The van der Waals surface area contributed by atoms with Gasteiger partial charge < -0.3 is 5.11 Å². The van der Waals surface area contributed by atoms with Crippen molar-refractivity contribution in [3.63, 3.8) is 0 Å². The second kappa shape index (κ2) is 3.73. The van der Waals surface area contributed by atoms with E-state index in [1.807, 2.05) is 6.92 Å². The van der Waals surface area contributed by atoms with Crippen molar-refractivity contribution in [3.05, 3.63) is 29.8 Å². The molecule has 0 aliphatic carbocycles. The van der Waals surface area contributed by atoms with Gasteiger partial charge in [0.05, 0.1) is 11.9 Å². The number of hydrogen-bond acceptors (Lipinski definition) is 4. The van der Waals surface area contributed by atoms with Crippen molar-refractivity contribution in [3.8, 4) is 11.4 Å². The second-order valence-corrected chi connectivity index (χ2v) is 3.39. The minimum Gasteiger partial charge on any atom is -0.477 e. The van der Waals surface area contributed by atoms with Crippen LogP contribution >= 0.6 is 0 Å². The molecule has 82 valence electrons. The lowest BCUT2D eigenvalue weighted by Gasteiger charge is -1.94. The molecule has 0 amide bonds. The molecule has 0 saturated heterocycles. The van der Waals surface area contributed by atoms with Crippen molar-refractivity contribution in [2.45, 2.75) is 6.92 Å². The molecule has 0 atom stereocenters. The monoisotopic (exact) mass is 218 g/mol. The number of rotatable bonds is 2. The molecular weight excluding hydrogens is 208 g/mol. The fraction of sp³-hybridized carbons (Fsp3) is 0.200. The van der Waals surface area contributed by atoms with Crippen LogP contribution in [0.15, 0.2) is 18.5 Å². The summed E-state index contributed by atoms with van der Waals surface area (Å²) in [5, 5.41) is 12.9. The van der Waals surface area contributed by atoms with E-state index in [1.165, 1.54) is 10.7 Å². The molecule has 2 aromatic rings. The van der Waals surface area contributed by atoms with Crippen molar-refractivity contribution >= 4 is 5.97 Å². The topological polar surface area (TPSA) is 80.9 Å². The standard InChI is InChI=1S/C10H10N4O2/c1-6-4-12-8(5-11-6)7-3-9(10(15)16)14(2)13-7/h3-5H,1-2H3,(H,15,16). The summed E-state index contributed by atoms with van der Waals surface area (Å²) in [4.78, 5) is 19.0. The number of aromatic carboxylic acids is 1. The predicted molar refractivity (Wildman–Crippen MR) is 55.9 cm³/mol. The summed E-state index contributed by atoms with van der Waals surface area (Å²) < 4.78 is 1.30. The zero-order valence-electron chi connectivity index (χ0n) is 8.88. The lowest BCUT2D eigenvalue weighted by atomic mass is 10.3. The maximum Gasteiger partial charge on any atom is 0.354 e. The van der Waals surface area contributed by atoms with Crippen LogP contribution in [-0.4, -0.2) is 30.8 Å². The molecule has 6 heteroatoms. The molecule has 0 fully saturated rings. The van der Waals surface area contributed by atoms with E-state index in [-0.39, 0.29) is 5.69 Å². The first kappa shape index (κ1) is 10.3. The summed E-state index contributed by atoms with van der Waals surface area (Å²) in [6.07, 6.45) is 3.19. The summed E-state index contributed by atoms with van der Waals surface area (Å²) in [7, 11) is 1.58. The van der Waals surface area contributed by atoms with E-state index in [1.54, 1.807) is 19.4 Å². The molecule has 0 bridgehead atoms. The van der Waals surface area contributed by atoms with Crippen LogP contribution in [0.1, 0.15) is 16.2 Å². The summed E-state index contributed by atoms with van der Waals surface area (Å²) in [6.45, 7) is 1.83. The molecular formula is C10H10N4O2. The van der Waals surface area contributed by atoms with Crippen LogP contribution in [0.4, 0.5) is 0 Å². The molecule has 0 aliphatic rings. The van der Waals surface area contributed by atoms with Gasteiger partial charge >= 0.3 is 5.97 Å². The Morgan fingerprint density at radius 3 is 2.56 bits per heavy atom. The smallest absolute Gasteiger partial charge is 0.354 e. The van der Waals surface area contributed by atoms with E-state index in [9.17, 15) is 4.79 Å². The Bertz CT molecular complexity index is 530. The predicted octanol–water partition coefficient (Wildman–Crippen LogP) is 0.884. The quantitative estimate of drug-likeness (QED) is 0.809. The largest absolute Gasteiger partial charge is 0.477 e. The number of carboxylic acid groups (broad SMARTS) is 1. The van der Waals surface area contributed by atoms with E-state index >= 15 is 0 Å². The van der Waals surface area contributed by atoms with Gasteiger partial charge in [-0.05, 0) is 6.92 Å². The first-order chi connectivity index (χ1) is 7.58. The third-order valence-electron chi connectivity index (χ3n) is 2.14. The highest BCUT2D eigenvalue weighted by Gasteiger charge is 2.13. The Labute approximate surface area is 91.6 Å². The third-order valence-corrected chi connectivity index (χ3v) is 2.14. The average molecular weight is 218 g/mol. The third kappa shape index (κ3) is 1.77. The molecule has 2 rings (SSSR count). The summed E-state index contributed by atoms with van der Waals surface area (Å²) in [5.41, 5.74) is 2.00. The van der Waals surface area contributed by atoms with E-state index < -0.39 is 5.97 Å². The molecule has 2 aromatic heterocycles. The molecule has 0 aliphatic heterocycles. The van der Waals surface area contributed by atoms with E-state index in [0.717, 1.165) is 5.69 Å². The maximum atomic E-state index is 10.8. The molecule has 6 nitrogen and oxygen atoms in total. The zero-order chi connectivity index (χ0) is 11.7. The number of carboxylic acids is 1. The fourth-order valence-corrected chi connectivity index (χ4v) is 1.32. The van der Waals surface area contributed by atoms with Crippen LogP contribution in [-0.2, 0) is 7.05 Å². The van der Waals surface area contributed by atoms with Gasteiger partial charge in [0.25, 0.3) is 0 Å². The van der Waals surface area contributed by atoms with Crippen molar-refractivity contribution in [1.29, 1.82) is 0 Å². The summed E-state index contributed by atoms with van der Waals surface area (Å²) >= 11 is 0. The van der Waals surface area contributed by atoms with Crippen LogP contribution in [0.5, 0.6) is 0 Å². The van der Waals surface area contributed by atoms with Crippen LogP contribution in [0.25, 0.3) is 11.4 Å². The number of aromatic nitrogens is 4. The molecule has 0 unspecified atom stereocenters. The van der Waals surface area contributed by atoms with Crippen LogP contribution in [0, 0.1) is 6.92 Å². The number of hydrogen-bond donors (Lipinski definition) is 1. The Hall–Kier alpha value is -2.24. The highest BCUT2D eigenvalue weighted by molar-refractivity contribution is 5.87. The Kier molecular flexibility index (Phi) is 2.40. The number of nitrogens with zero attached hydrogens (tertiary/aromatic N) is 4. The van der Waals surface area contributed by atoms with Gasteiger partial charge in [0.2, 0.25) is 0 Å². The molecule has 0 saturated carbocycles. The minimum absolute atomic E-state index is 0.123. The van der Waals surface area contributed by atoms with Crippen molar-refractivity contribution < 1.29 is 9.90 Å². The van der Waals surface area contributed by atoms with Gasteiger partial charge in [0, 0.05) is 19.3 Å². The first-order valence-electron chi connectivity index (χ1n) is 4.64. The Morgan fingerprint density at radius 2 is 2.06 bits per heavy atom. The maximum absolute atomic E-state index is 10.8. The molecule has 2 heterocycles. The van der Waals surface area contributed by atoms with E-state index in [2.05, 4.69) is 15.1 Å². The van der Waals surface area contributed by atoms with Crippen LogP contribution < -0.4 is 0 Å². The molecule has 1 N–H and O–H groups in total. The van der Waals surface area contributed by atoms with Crippen LogP contribution in [0.3, 0.4) is 0 Å². The Morgan fingerprint density at radius 1 is 1.31 bits per heavy atom. The van der Waals surface area contributed by atoms with Gasteiger partial charge in [0.15, 0.2) is 0 Å². The summed E-state index contributed by atoms with van der Waals surface area (Å²) in [6, 6.07) is 1.47. The zero-order valence-corrected chi connectivity index (χ0v) is 8.88.